The van der Waals surface area contributed by atoms with Gasteiger partial charge in [-0.15, -0.1) is 0 Å². The maximum atomic E-state index is 13.0. The first-order chi connectivity index (χ1) is 15.4. The van der Waals surface area contributed by atoms with E-state index in [9.17, 15) is 9.59 Å². The van der Waals surface area contributed by atoms with Crippen LogP contribution >= 0.6 is 11.8 Å². The van der Waals surface area contributed by atoms with E-state index in [4.69, 9.17) is 9.47 Å². The molecule has 1 aromatic heterocycles. The van der Waals surface area contributed by atoms with Crippen LogP contribution in [0.5, 0.6) is 11.5 Å². The second-order valence-electron chi connectivity index (χ2n) is 7.52. The number of benzene rings is 1. The lowest BCUT2D eigenvalue weighted by Gasteiger charge is -2.23. The Bertz CT molecular complexity index is 945. The van der Waals surface area contributed by atoms with Crippen molar-refractivity contribution in [2.45, 2.75) is 65.1 Å². The molecule has 0 fully saturated rings. The molecule has 1 N–H and O–H groups in total. The molecule has 0 atom stereocenters. The highest BCUT2D eigenvalue weighted by Gasteiger charge is 2.17. The number of nitrogens with zero attached hydrogens (tertiary/aromatic N) is 2. The molecular weight excluding hydrogens is 426 g/mol. The number of aromatic nitrogens is 2. The minimum Gasteiger partial charge on any atom is -0.490 e. The molecule has 8 heteroatoms. The summed E-state index contributed by atoms with van der Waals surface area (Å²) < 4.78 is 11.5. The van der Waals surface area contributed by atoms with Gasteiger partial charge in [0.1, 0.15) is 0 Å². The molecule has 0 aliphatic carbocycles. The molecule has 0 bridgehead atoms. The van der Waals surface area contributed by atoms with Gasteiger partial charge in [-0.05, 0) is 57.1 Å². The molecular formula is C24H35N3O4S. The van der Waals surface area contributed by atoms with Crippen molar-refractivity contribution in [3.05, 3.63) is 45.4 Å². The number of carbonyl (C=O) groups is 1. The van der Waals surface area contributed by atoms with Crippen LogP contribution < -0.4 is 15.0 Å². The van der Waals surface area contributed by atoms with Gasteiger partial charge in [0, 0.05) is 30.8 Å². The van der Waals surface area contributed by atoms with E-state index in [1.165, 1.54) is 11.8 Å². The molecule has 0 unspecified atom stereocenters. The van der Waals surface area contributed by atoms with E-state index in [2.05, 4.69) is 16.9 Å². The van der Waals surface area contributed by atoms with Crippen LogP contribution in [0.25, 0.3) is 0 Å². The molecule has 0 saturated carbocycles. The quantitative estimate of drug-likeness (QED) is 0.352. The molecule has 0 spiro atoms. The van der Waals surface area contributed by atoms with Gasteiger partial charge in [0.2, 0.25) is 5.91 Å². The van der Waals surface area contributed by atoms with Crippen LogP contribution in [0, 0.1) is 6.92 Å². The van der Waals surface area contributed by atoms with E-state index in [0.29, 0.717) is 54.9 Å². The number of aromatic amines is 1. The number of amides is 1. The third kappa shape index (κ3) is 7.29. The van der Waals surface area contributed by atoms with Crippen LogP contribution in [0.2, 0.25) is 0 Å². The van der Waals surface area contributed by atoms with Crippen molar-refractivity contribution in [3.63, 3.8) is 0 Å². The molecule has 1 heterocycles. The number of thioether (sulfide) groups is 1. The molecule has 7 nitrogen and oxygen atoms in total. The first kappa shape index (κ1) is 25.8. The fourth-order valence-corrected chi connectivity index (χ4v) is 3.82. The lowest BCUT2D eigenvalue weighted by molar-refractivity contribution is -0.131. The largest absolute Gasteiger partial charge is 0.490 e. The molecule has 0 aliphatic rings. The van der Waals surface area contributed by atoms with E-state index >= 15 is 0 Å². The van der Waals surface area contributed by atoms with Crippen molar-refractivity contribution in [2.75, 3.05) is 26.0 Å². The number of ether oxygens (including phenoxy) is 2. The van der Waals surface area contributed by atoms with Gasteiger partial charge in [-0.3, -0.25) is 9.59 Å². The SMILES string of the molecule is CCCOc1ccc(CN(CCC)C(=O)CCc2c(C)nc(SC)[nH]c2=O)cc1OCC. The Kier molecular flexibility index (Phi) is 10.6. The normalized spacial score (nSPS) is 10.8. The summed E-state index contributed by atoms with van der Waals surface area (Å²) in [7, 11) is 0. The van der Waals surface area contributed by atoms with Crippen LogP contribution in [0.4, 0.5) is 0 Å². The minimum atomic E-state index is -0.166. The van der Waals surface area contributed by atoms with Gasteiger partial charge in [-0.2, -0.15) is 0 Å². The monoisotopic (exact) mass is 461 g/mol. The predicted molar refractivity (Wildman–Crippen MR) is 129 cm³/mol. The topological polar surface area (TPSA) is 84.5 Å². The zero-order valence-electron chi connectivity index (χ0n) is 19.8. The van der Waals surface area contributed by atoms with Crippen LogP contribution in [0.15, 0.2) is 28.2 Å². The van der Waals surface area contributed by atoms with E-state index in [1.807, 2.05) is 50.1 Å². The van der Waals surface area contributed by atoms with Gasteiger partial charge in [-0.25, -0.2) is 4.98 Å². The van der Waals surface area contributed by atoms with Crippen molar-refractivity contribution < 1.29 is 14.3 Å². The fraction of sp³-hybridized carbons (Fsp3) is 0.542. The molecule has 2 rings (SSSR count). The number of rotatable bonds is 13. The first-order valence-corrected chi connectivity index (χ1v) is 12.5. The summed E-state index contributed by atoms with van der Waals surface area (Å²) in [6, 6.07) is 5.83. The van der Waals surface area contributed by atoms with Crippen LogP contribution in [-0.4, -0.2) is 46.8 Å². The Balaban J connectivity index is 2.12. The Hall–Kier alpha value is -2.48. The molecule has 1 amide bonds. The highest BCUT2D eigenvalue weighted by atomic mass is 32.2. The minimum absolute atomic E-state index is 0.0175. The fourth-order valence-electron chi connectivity index (χ4n) is 3.40. The van der Waals surface area contributed by atoms with Gasteiger partial charge in [0.25, 0.3) is 5.56 Å². The van der Waals surface area contributed by atoms with Crippen molar-refractivity contribution in [1.29, 1.82) is 0 Å². The predicted octanol–water partition coefficient (Wildman–Crippen LogP) is 4.36. The highest BCUT2D eigenvalue weighted by molar-refractivity contribution is 7.98. The van der Waals surface area contributed by atoms with Gasteiger partial charge in [0.05, 0.1) is 13.2 Å². The number of aryl methyl sites for hydroxylation is 1. The second kappa shape index (κ2) is 13.2. The van der Waals surface area contributed by atoms with Gasteiger partial charge in [0.15, 0.2) is 16.7 Å². The van der Waals surface area contributed by atoms with Crippen LogP contribution in [-0.2, 0) is 17.8 Å². The Morgan fingerprint density at radius 2 is 1.94 bits per heavy atom. The Morgan fingerprint density at radius 3 is 2.56 bits per heavy atom. The maximum Gasteiger partial charge on any atom is 0.254 e. The number of carbonyl (C=O) groups excluding carboxylic acids is 1. The standard InChI is InChI=1S/C24H35N3O4S/c1-6-13-27(16-18-9-11-20(31-14-7-2)21(15-18)30-8-3)22(28)12-10-19-17(4)25-24(32-5)26-23(19)29/h9,11,15H,6-8,10,12-14,16H2,1-5H3,(H,25,26,29). The van der Waals surface area contributed by atoms with E-state index < -0.39 is 0 Å². The summed E-state index contributed by atoms with van der Waals surface area (Å²) in [5.41, 5.74) is 2.07. The summed E-state index contributed by atoms with van der Waals surface area (Å²) in [5.74, 6) is 1.44. The smallest absolute Gasteiger partial charge is 0.254 e. The zero-order chi connectivity index (χ0) is 23.5. The summed E-state index contributed by atoms with van der Waals surface area (Å²) in [5, 5.41) is 0.589. The molecule has 0 aliphatic heterocycles. The first-order valence-electron chi connectivity index (χ1n) is 11.2. The summed E-state index contributed by atoms with van der Waals surface area (Å²) in [4.78, 5) is 34.4. The lowest BCUT2D eigenvalue weighted by Crippen LogP contribution is -2.32. The third-order valence-electron chi connectivity index (χ3n) is 4.97. The molecule has 0 saturated heterocycles. The number of hydrogen-bond donors (Lipinski definition) is 1. The molecule has 176 valence electrons. The van der Waals surface area contributed by atoms with Gasteiger partial charge >= 0.3 is 0 Å². The summed E-state index contributed by atoms with van der Waals surface area (Å²) >= 11 is 1.39. The number of hydrogen-bond acceptors (Lipinski definition) is 6. The molecule has 1 aromatic carbocycles. The van der Waals surface area contributed by atoms with Crippen molar-refractivity contribution in [1.82, 2.24) is 14.9 Å². The zero-order valence-corrected chi connectivity index (χ0v) is 20.6. The van der Waals surface area contributed by atoms with Gasteiger partial charge in [-0.1, -0.05) is 31.7 Å². The highest BCUT2D eigenvalue weighted by Crippen LogP contribution is 2.29. The third-order valence-corrected chi connectivity index (χ3v) is 5.55. The summed E-state index contributed by atoms with van der Waals surface area (Å²) in [6.45, 7) is 10.2. The van der Waals surface area contributed by atoms with Crippen molar-refractivity contribution in [2.24, 2.45) is 0 Å². The average Bonchev–Trinajstić information content (AvgIpc) is 2.77. The van der Waals surface area contributed by atoms with Crippen LogP contribution in [0.1, 0.15) is 56.9 Å². The maximum absolute atomic E-state index is 13.0. The van der Waals surface area contributed by atoms with E-state index in [1.54, 1.807) is 0 Å². The van der Waals surface area contributed by atoms with Gasteiger partial charge < -0.3 is 19.4 Å². The number of nitrogens with one attached hydrogen (secondary N) is 1. The molecule has 32 heavy (non-hydrogen) atoms. The Labute approximate surface area is 194 Å². The summed E-state index contributed by atoms with van der Waals surface area (Å²) in [6.07, 6.45) is 4.27. The van der Waals surface area contributed by atoms with Crippen molar-refractivity contribution in [3.8, 4) is 11.5 Å². The van der Waals surface area contributed by atoms with Crippen molar-refractivity contribution >= 4 is 17.7 Å². The molecule has 0 radical (unpaired) electrons. The molecule has 2 aromatic rings. The second-order valence-corrected chi connectivity index (χ2v) is 8.31. The lowest BCUT2D eigenvalue weighted by atomic mass is 10.1. The number of H-pyrrole nitrogens is 1. The van der Waals surface area contributed by atoms with Crippen LogP contribution in [0.3, 0.4) is 0 Å². The average molecular weight is 462 g/mol. The Morgan fingerprint density at radius 1 is 1.16 bits per heavy atom. The van der Waals surface area contributed by atoms with E-state index in [-0.39, 0.29) is 17.9 Å². The van der Waals surface area contributed by atoms with E-state index in [0.717, 1.165) is 24.2 Å².